The molecule has 272 valence electrons. The van der Waals surface area contributed by atoms with Crippen LogP contribution in [0.5, 0.6) is 23.0 Å². The lowest BCUT2D eigenvalue weighted by atomic mass is 9.97. The number of fused-ring (bicyclic) bond motifs is 3. The second-order valence-corrected chi connectivity index (χ2v) is 11.8. The van der Waals surface area contributed by atoms with E-state index >= 15 is 0 Å². The fraction of sp³-hybridized carbons (Fsp3) is 0.286. The highest BCUT2D eigenvalue weighted by molar-refractivity contribution is 6.02. The summed E-state index contributed by atoms with van der Waals surface area (Å²) >= 11 is 0. The third-order valence-electron chi connectivity index (χ3n) is 8.15. The van der Waals surface area contributed by atoms with Crippen LogP contribution < -0.4 is 35.7 Å². The fourth-order valence-electron chi connectivity index (χ4n) is 5.79. The van der Waals surface area contributed by atoms with E-state index in [1.807, 2.05) is 0 Å². The van der Waals surface area contributed by atoms with Gasteiger partial charge in [0.25, 0.3) is 5.91 Å². The number of hydrogen-bond donors (Lipinski definition) is 5. The van der Waals surface area contributed by atoms with Crippen LogP contribution in [0.3, 0.4) is 0 Å². The van der Waals surface area contributed by atoms with E-state index in [9.17, 15) is 39.0 Å². The van der Waals surface area contributed by atoms with Crippen LogP contribution in [0.2, 0.25) is 0 Å². The number of carboxylic acid groups (broad SMARTS) is 2. The zero-order valence-electron chi connectivity index (χ0n) is 27.9. The molecular formula is C35H35N5O12. The van der Waals surface area contributed by atoms with Crippen molar-refractivity contribution in [3.8, 4) is 23.0 Å². The minimum Gasteiger partial charge on any atom is -0.497 e. The van der Waals surface area contributed by atoms with Gasteiger partial charge in [0, 0.05) is 18.9 Å². The van der Waals surface area contributed by atoms with Crippen LogP contribution in [0.15, 0.2) is 53.5 Å². The zero-order valence-corrected chi connectivity index (χ0v) is 27.9. The van der Waals surface area contributed by atoms with Gasteiger partial charge in [-0.25, -0.2) is 14.6 Å². The number of carbonyl (C=O) groups excluding carboxylic acids is 4. The summed E-state index contributed by atoms with van der Waals surface area (Å²) in [4.78, 5) is 81.0. The number of carbonyl (C=O) groups is 6. The summed E-state index contributed by atoms with van der Waals surface area (Å²) < 4.78 is 22.5. The molecule has 1 atom stereocenters. The van der Waals surface area contributed by atoms with Crippen molar-refractivity contribution >= 4 is 47.3 Å². The summed E-state index contributed by atoms with van der Waals surface area (Å²) in [6.45, 7) is -1.67. The number of amides is 2. The molecule has 0 saturated carbocycles. The maximum atomic E-state index is 14.1. The topological polar surface area (TPSA) is 259 Å². The van der Waals surface area contributed by atoms with E-state index in [0.29, 0.717) is 40.3 Å². The smallest absolute Gasteiger partial charge is 0.343 e. The third-order valence-corrected chi connectivity index (χ3v) is 8.15. The summed E-state index contributed by atoms with van der Waals surface area (Å²) in [7, 11) is 1.47. The second-order valence-electron chi connectivity index (χ2n) is 11.8. The van der Waals surface area contributed by atoms with Gasteiger partial charge >= 0.3 is 23.9 Å². The number of nitrogens with one attached hydrogen (secondary N) is 1. The number of nitrogens with zero attached hydrogens (tertiary/aromatic N) is 2. The predicted molar refractivity (Wildman–Crippen MR) is 181 cm³/mol. The lowest BCUT2D eigenvalue weighted by Gasteiger charge is -2.26. The monoisotopic (exact) mass is 717 g/mol. The van der Waals surface area contributed by atoms with Gasteiger partial charge in [0.15, 0.2) is 17.5 Å². The first-order valence-electron chi connectivity index (χ1n) is 16.0. The summed E-state index contributed by atoms with van der Waals surface area (Å²) in [5.41, 5.74) is 12.9. The van der Waals surface area contributed by atoms with E-state index in [1.165, 1.54) is 31.4 Å². The molecule has 0 radical (unpaired) electrons. The summed E-state index contributed by atoms with van der Waals surface area (Å²) in [6.07, 6.45) is 0.190. The van der Waals surface area contributed by atoms with E-state index in [2.05, 4.69) is 10.3 Å². The molecule has 17 heteroatoms. The Morgan fingerprint density at radius 2 is 1.71 bits per heavy atom. The summed E-state index contributed by atoms with van der Waals surface area (Å²) in [5, 5.41) is 21.1. The lowest BCUT2D eigenvalue weighted by molar-refractivity contribution is -0.149. The van der Waals surface area contributed by atoms with Gasteiger partial charge in [-0.1, -0.05) is 12.1 Å². The Morgan fingerprint density at radius 3 is 2.40 bits per heavy atom. The number of hydrogen-bond acceptors (Lipinski definition) is 11. The Morgan fingerprint density at radius 1 is 0.962 bits per heavy atom. The van der Waals surface area contributed by atoms with Crippen LogP contribution in [0, 0.1) is 0 Å². The molecule has 0 spiro atoms. The van der Waals surface area contributed by atoms with Crippen molar-refractivity contribution in [3.05, 3.63) is 76.3 Å². The maximum absolute atomic E-state index is 14.1. The molecular weight excluding hydrogens is 682 g/mol. The van der Waals surface area contributed by atoms with Gasteiger partial charge in [-0.05, 0) is 66.3 Å². The molecule has 2 heterocycles. The van der Waals surface area contributed by atoms with Gasteiger partial charge in [-0.15, -0.1) is 0 Å². The van der Waals surface area contributed by atoms with Gasteiger partial charge < -0.3 is 50.8 Å². The number of aliphatic imine (C=N–C) groups is 1. The number of aryl methyl sites for hydroxylation is 2. The van der Waals surface area contributed by atoms with Gasteiger partial charge in [-0.3, -0.25) is 19.2 Å². The van der Waals surface area contributed by atoms with Crippen molar-refractivity contribution in [2.45, 2.75) is 38.1 Å². The molecule has 0 bridgehead atoms. The van der Waals surface area contributed by atoms with Gasteiger partial charge in [0.1, 0.15) is 30.6 Å². The van der Waals surface area contributed by atoms with E-state index in [0.717, 1.165) is 0 Å². The molecule has 2 aliphatic heterocycles. The van der Waals surface area contributed by atoms with E-state index in [4.69, 9.17) is 30.4 Å². The Balaban J connectivity index is 1.50. The van der Waals surface area contributed by atoms with E-state index < -0.39 is 61.2 Å². The number of guanidine groups is 1. The van der Waals surface area contributed by atoms with Crippen LogP contribution in [-0.4, -0.2) is 89.6 Å². The highest BCUT2D eigenvalue weighted by Gasteiger charge is 2.33. The van der Waals surface area contributed by atoms with Crippen LogP contribution >= 0.6 is 0 Å². The van der Waals surface area contributed by atoms with Gasteiger partial charge in [0.05, 0.1) is 30.5 Å². The predicted octanol–water partition coefficient (Wildman–Crippen LogP) is 1.33. The molecule has 0 aromatic heterocycles. The fourth-order valence-corrected chi connectivity index (χ4v) is 5.79. The number of aliphatic carboxylic acids is 2. The van der Waals surface area contributed by atoms with E-state index in [-0.39, 0.29) is 59.3 Å². The number of methoxy groups -OCH3 is 1. The summed E-state index contributed by atoms with van der Waals surface area (Å²) in [6, 6.07) is 11.3. The molecule has 0 fully saturated rings. The average Bonchev–Trinajstić information content (AvgIpc) is 3.08. The van der Waals surface area contributed by atoms with Crippen molar-refractivity contribution in [2.24, 2.45) is 16.5 Å². The van der Waals surface area contributed by atoms with Crippen molar-refractivity contribution < 1.29 is 57.9 Å². The second kappa shape index (κ2) is 15.9. The molecule has 3 aromatic rings. The Labute approximate surface area is 296 Å². The number of benzene rings is 3. The van der Waals surface area contributed by atoms with Gasteiger partial charge in [-0.2, -0.15) is 0 Å². The minimum atomic E-state index is -1.41. The number of rotatable bonds is 11. The zero-order chi connectivity index (χ0) is 37.5. The first-order chi connectivity index (χ1) is 24.8. The van der Waals surface area contributed by atoms with E-state index in [1.54, 1.807) is 24.3 Å². The number of esters is 2. The van der Waals surface area contributed by atoms with Crippen LogP contribution in [0.4, 0.5) is 5.69 Å². The van der Waals surface area contributed by atoms with Crippen molar-refractivity contribution in [1.82, 2.24) is 10.2 Å². The average molecular weight is 718 g/mol. The van der Waals surface area contributed by atoms with Crippen molar-refractivity contribution in [2.75, 3.05) is 26.8 Å². The largest absolute Gasteiger partial charge is 0.497 e. The number of carboxylic acids is 2. The van der Waals surface area contributed by atoms with Crippen LogP contribution in [-0.2, 0) is 38.4 Å². The number of ether oxygens (including phenoxy) is 4. The molecule has 7 N–H and O–H groups in total. The lowest BCUT2D eigenvalue weighted by Crippen LogP contribution is -2.47. The Kier molecular flexibility index (Phi) is 11.2. The normalized spacial score (nSPS) is 14.8. The molecule has 5 rings (SSSR count). The van der Waals surface area contributed by atoms with Gasteiger partial charge in [0.2, 0.25) is 5.91 Å². The first-order valence-corrected chi connectivity index (χ1v) is 16.0. The molecule has 52 heavy (non-hydrogen) atoms. The van der Waals surface area contributed by atoms with Crippen molar-refractivity contribution in [3.63, 3.8) is 0 Å². The standard InChI is InChI=1S/C35H35N5O12/c1-49-22-8-4-20-14-24(34(48)52-26(20)15-22)39-32(46)30-18(6-11-27(41)40(16-28(42)43)17-29(44)45)5-10-25-31(30)50-12-2-3-19-13-21(38-35(36)37)7-9-23(19)33(47)51-25/h4-5,7-10,13,15,24H,2-3,6,11-12,14,16-17H2,1H3,(H,39,46)(H,42,43)(H,44,45)(H4,36,37,38)/t24-/m0/s1. The Bertz CT molecular complexity index is 1960. The number of nitrogens with two attached hydrogens (primary N) is 2. The molecule has 0 unspecified atom stereocenters. The molecule has 0 saturated heterocycles. The Hall–Kier alpha value is -6.65. The molecule has 3 aromatic carbocycles. The maximum Gasteiger partial charge on any atom is 0.343 e. The molecule has 0 aliphatic carbocycles. The third kappa shape index (κ3) is 8.73. The minimum absolute atomic E-state index is 0.0326. The van der Waals surface area contributed by atoms with Crippen LogP contribution in [0.25, 0.3) is 0 Å². The summed E-state index contributed by atoms with van der Waals surface area (Å²) in [5.74, 6) is -5.65. The molecule has 2 aliphatic rings. The SMILES string of the molecule is COc1ccc2c(c1)OC(=O)[C@@H](NC(=O)c1c(CCC(=O)N(CC(=O)O)CC(=O)O)ccc3c1OCCCc1cc(N=C(N)N)ccc1C(=O)O3)C2. The van der Waals surface area contributed by atoms with Crippen molar-refractivity contribution in [1.29, 1.82) is 0 Å². The molecule has 2 amide bonds. The highest BCUT2D eigenvalue weighted by atomic mass is 16.6. The van der Waals surface area contributed by atoms with Crippen LogP contribution in [0.1, 0.15) is 50.2 Å². The molecule has 17 nitrogen and oxygen atoms in total. The first kappa shape index (κ1) is 36.6. The quantitative estimate of drug-likeness (QED) is 0.0812. The highest BCUT2D eigenvalue weighted by Crippen LogP contribution is 2.37.